The number of nitrogens with zero attached hydrogens (tertiary/aromatic N) is 1. The van der Waals surface area contributed by atoms with Gasteiger partial charge in [-0.05, 0) is 44.0 Å². The van der Waals surface area contributed by atoms with E-state index in [4.69, 9.17) is 11.6 Å². The summed E-state index contributed by atoms with van der Waals surface area (Å²) in [5.41, 5.74) is 0.768. The summed E-state index contributed by atoms with van der Waals surface area (Å²) in [6, 6.07) is 17.0. The Morgan fingerprint density at radius 2 is 1.65 bits per heavy atom. The van der Waals surface area contributed by atoms with Crippen LogP contribution in [0.2, 0.25) is 5.02 Å². The molecule has 1 fully saturated rings. The summed E-state index contributed by atoms with van der Waals surface area (Å²) in [5, 5.41) is 0.538. The predicted molar refractivity (Wildman–Crippen MR) is 107 cm³/mol. The zero-order valence-corrected chi connectivity index (χ0v) is 16.3. The van der Waals surface area contributed by atoms with Crippen LogP contribution in [0.1, 0.15) is 30.1 Å². The lowest BCUT2D eigenvalue weighted by Gasteiger charge is -2.33. The van der Waals surface area contributed by atoms with Crippen LogP contribution in [0.5, 0.6) is 0 Å². The Labute approximate surface area is 163 Å². The van der Waals surface area contributed by atoms with Crippen molar-refractivity contribution in [1.29, 1.82) is 0 Å². The van der Waals surface area contributed by atoms with Crippen molar-refractivity contribution < 1.29 is 9.59 Å². The van der Waals surface area contributed by atoms with Gasteiger partial charge in [0.05, 0.1) is 5.25 Å². The highest BCUT2D eigenvalue weighted by molar-refractivity contribution is 8.00. The highest BCUT2D eigenvalue weighted by atomic mass is 35.5. The summed E-state index contributed by atoms with van der Waals surface area (Å²) >= 11 is 7.45. The summed E-state index contributed by atoms with van der Waals surface area (Å²) in [4.78, 5) is 28.2. The minimum Gasteiger partial charge on any atom is -0.342 e. The minimum absolute atomic E-state index is 0.0145. The van der Waals surface area contributed by atoms with Crippen molar-refractivity contribution >= 4 is 35.1 Å². The number of rotatable bonds is 5. The van der Waals surface area contributed by atoms with E-state index in [-0.39, 0.29) is 22.9 Å². The first kappa shape index (κ1) is 19.0. The molecule has 1 saturated heterocycles. The van der Waals surface area contributed by atoms with Gasteiger partial charge in [-0.25, -0.2) is 0 Å². The van der Waals surface area contributed by atoms with E-state index in [2.05, 4.69) is 0 Å². The van der Waals surface area contributed by atoms with Crippen molar-refractivity contribution in [3.05, 3.63) is 65.2 Å². The molecule has 0 spiro atoms. The molecule has 0 saturated carbocycles. The summed E-state index contributed by atoms with van der Waals surface area (Å²) in [5.74, 6) is 0.345. The Hall–Kier alpha value is -1.78. The second-order valence-corrected chi connectivity index (χ2v) is 8.39. The highest BCUT2D eigenvalue weighted by Gasteiger charge is 2.30. The minimum atomic E-state index is -0.155. The molecule has 1 aliphatic rings. The largest absolute Gasteiger partial charge is 0.342 e. The molecule has 1 aliphatic heterocycles. The molecule has 0 N–H and O–H groups in total. The quantitative estimate of drug-likeness (QED) is 0.538. The zero-order valence-electron chi connectivity index (χ0n) is 14.7. The van der Waals surface area contributed by atoms with Gasteiger partial charge in [0.25, 0.3) is 0 Å². The lowest BCUT2D eigenvalue weighted by molar-refractivity contribution is -0.131. The predicted octanol–water partition coefficient (Wildman–Crippen LogP) is 4.94. The SMILES string of the molecule is CC(Sc1ccc(Cl)cc1)C(=O)N1CCC(C(=O)c2ccccc2)CC1. The van der Waals surface area contributed by atoms with Gasteiger partial charge in [-0.1, -0.05) is 41.9 Å². The molecule has 0 aromatic heterocycles. The standard InChI is InChI=1S/C21H22ClNO2S/c1-15(26-19-9-7-18(22)8-10-19)21(25)23-13-11-17(12-14-23)20(24)16-5-3-2-4-6-16/h2-10,15,17H,11-14H2,1H3. The fourth-order valence-corrected chi connectivity index (χ4v) is 4.30. The molecule has 0 radical (unpaired) electrons. The number of amides is 1. The van der Waals surface area contributed by atoms with Gasteiger partial charge < -0.3 is 4.90 Å². The number of halogens is 1. The first-order chi connectivity index (χ1) is 12.5. The average molecular weight is 388 g/mol. The lowest BCUT2D eigenvalue weighted by atomic mass is 9.89. The van der Waals surface area contributed by atoms with Crippen molar-refractivity contribution in [3.63, 3.8) is 0 Å². The first-order valence-electron chi connectivity index (χ1n) is 8.85. The van der Waals surface area contributed by atoms with Gasteiger partial charge in [0.15, 0.2) is 5.78 Å². The number of carbonyl (C=O) groups is 2. The maximum Gasteiger partial charge on any atom is 0.235 e. The van der Waals surface area contributed by atoms with Gasteiger partial charge in [0.1, 0.15) is 0 Å². The number of benzene rings is 2. The van der Waals surface area contributed by atoms with Crippen LogP contribution in [0.3, 0.4) is 0 Å². The zero-order chi connectivity index (χ0) is 18.5. The number of likely N-dealkylation sites (tertiary alicyclic amines) is 1. The summed E-state index contributed by atoms with van der Waals surface area (Å²) in [6.07, 6.45) is 1.47. The third-order valence-corrected chi connectivity index (χ3v) is 6.06. The third kappa shape index (κ3) is 4.68. The van der Waals surface area contributed by atoms with Gasteiger partial charge in [-0.2, -0.15) is 0 Å². The number of ketones is 1. The van der Waals surface area contributed by atoms with Crippen LogP contribution in [0.4, 0.5) is 0 Å². The summed E-state index contributed by atoms with van der Waals surface area (Å²) in [7, 11) is 0. The van der Waals surface area contributed by atoms with E-state index in [1.54, 1.807) is 11.8 Å². The van der Waals surface area contributed by atoms with Gasteiger partial charge in [-0.15, -0.1) is 11.8 Å². The van der Waals surface area contributed by atoms with E-state index in [0.29, 0.717) is 18.1 Å². The van der Waals surface area contributed by atoms with Crippen LogP contribution in [0.15, 0.2) is 59.5 Å². The Kier molecular flexibility index (Phi) is 6.38. The molecular weight excluding hydrogens is 366 g/mol. The molecule has 1 unspecified atom stereocenters. The first-order valence-corrected chi connectivity index (χ1v) is 10.1. The van der Waals surface area contributed by atoms with E-state index in [1.165, 1.54) is 0 Å². The summed E-state index contributed by atoms with van der Waals surface area (Å²) < 4.78 is 0. The maximum absolute atomic E-state index is 12.7. The highest BCUT2D eigenvalue weighted by Crippen LogP contribution is 2.28. The van der Waals surface area contributed by atoms with Crippen LogP contribution in [-0.4, -0.2) is 34.9 Å². The van der Waals surface area contributed by atoms with Crippen LogP contribution >= 0.6 is 23.4 Å². The van der Waals surface area contributed by atoms with E-state index < -0.39 is 0 Å². The molecule has 0 bridgehead atoms. The van der Waals surface area contributed by atoms with E-state index in [9.17, 15) is 9.59 Å². The van der Waals surface area contributed by atoms with E-state index in [1.807, 2.05) is 66.4 Å². The number of thioether (sulfide) groups is 1. The Morgan fingerprint density at radius 1 is 1.04 bits per heavy atom. The molecule has 1 heterocycles. The smallest absolute Gasteiger partial charge is 0.235 e. The van der Waals surface area contributed by atoms with Crippen LogP contribution in [0, 0.1) is 5.92 Å². The number of carbonyl (C=O) groups excluding carboxylic acids is 2. The Balaban J connectivity index is 1.53. The van der Waals surface area contributed by atoms with E-state index in [0.717, 1.165) is 23.3 Å². The van der Waals surface area contributed by atoms with Crippen LogP contribution < -0.4 is 0 Å². The molecule has 5 heteroatoms. The van der Waals surface area contributed by atoms with Gasteiger partial charge in [0, 0.05) is 34.5 Å². The van der Waals surface area contributed by atoms with Crippen molar-refractivity contribution in [2.45, 2.75) is 29.9 Å². The molecule has 3 rings (SSSR count). The topological polar surface area (TPSA) is 37.4 Å². The number of hydrogen-bond acceptors (Lipinski definition) is 3. The number of piperidine rings is 1. The molecule has 2 aromatic carbocycles. The molecular formula is C21H22ClNO2S. The van der Waals surface area contributed by atoms with Crippen molar-refractivity contribution in [3.8, 4) is 0 Å². The van der Waals surface area contributed by atoms with Crippen LogP contribution in [-0.2, 0) is 4.79 Å². The third-order valence-electron chi connectivity index (χ3n) is 4.71. The van der Waals surface area contributed by atoms with Crippen molar-refractivity contribution in [2.24, 2.45) is 5.92 Å². The Morgan fingerprint density at radius 3 is 2.27 bits per heavy atom. The molecule has 1 amide bonds. The molecule has 3 nitrogen and oxygen atoms in total. The average Bonchev–Trinajstić information content (AvgIpc) is 2.69. The lowest BCUT2D eigenvalue weighted by Crippen LogP contribution is -2.43. The van der Waals surface area contributed by atoms with Crippen molar-refractivity contribution in [1.82, 2.24) is 4.90 Å². The Bertz CT molecular complexity index is 755. The fraction of sp³-hybridized carbons (Fsp3) is 0.333. The second-order valence-electron chi connectivity index (χ2n) is 6.54. The fourth-order valence-electron chi connectivity index (χ4n) is 3.22. The van der Waals surface area contributed by atoms with Crippen molar-refractivity contribution in [2.75, 3.05) is 13.1 Å². The van der Waals surface area contributed by atoms with Crippen LogP contribution in [0.25, 0.3) is 0 Å². The molecule has 2 aromatic rings. The van der Waals surface area contributed by atoms with Gasteiger partial charge in [0.2, 0.25) is 5.91 Å². The van der Waals surface area contributed by atoms with Gasteiger partial charge >= 0.3 is 0 Å². The molecule has 0 aliphatic carbocycles. The monoisotopic (exact) mass is 387 g/mol. The second kappa shape index (κ2) is 8.74. The molecule has 1 atom stereocenters. The summed E-state index contributed by atoms with van der Waals surface area (Å²) in [6.45, 7) is 3.23. The normalized spacial score (nSPS) is 16.3. The number of hydrogen-bond donors (Lipinski definition) is 0. The molecule has 136 valence electrons. The number of Topliss-reactive ketones (excluding diaryl/α,β-unsaturated/α-hetero) is 1. The van der Waals surface area contributed by atoms with E-state index >= 15 is 0 Å². The molecule has 26 heavy (non-hydrogen) atoms. The van der Waals surface area contributed by atoms with Gasteiger partial charge in [-0.3, -0.25) is 9.59 Å². The maximum atomic E-state index is 12.7.